The zero-order chi connectivity index (χ0) is 14.9. The lowest BCUT2D eigenvalue weighted by Crippen LogP contribution is -2.07. The van der Waals surface area contributed by atoms with E-state index in [1.807, 2.05) is 0 Å². The van der Waals surface area contributed by atoms with Crippen molar-refractivity contribution < 1.29 is 27.4 Å². The molecular weight excluding hydrogens is 275 g/mol. The zero-order valence-electron chi connectivity index (χ0n) is 10.7. The molecule has 1 aromatic heterocycles. The standard InChI is InChI=1S/C13H10F3NO3/c1-3-20-9-5-8(13(18)19-2)17-7-4-6(14)11(15)12(16)10(7)9/h4-5H,3H2,1-2H3. The summed E-state index contributed by atoms with van der Waals surface area (Å²) in [5.41, 5.74) is -0.415. The first-order valence-corrected chi connectivity index (χ1v) is 5.69. The van der Waals surface area contributed by atoms with Crippen molar-refractivity contribution in [3.63, 3.8) is 0 Å². The minimum atomic E-state index is -1.62. The molecule has 0 unspecified atom stereocenters. The smallest absolute Gasteiger partial charge is 0.356 e. The summed E-state index contributed by atoms with van der Waals surface area (Å²) in [4.78, 5) is 15.2. The van der Waals surface area contributed by atoms with Crippen LogP contribution in [0.25, 0.3) is 10.9 Å². The van der Waals surface area contributed by atoms with E-state index in [9.17, 15) is 18.0 Å². The maximum absolute atomic E-state index is 13.8. The largest absolute Gasteiger partial charge is 0.493 e. The van der Waals surface area contributed by atoms with Crippen molar-refractivity contribution in [1.82, 2.24) is 4.98 Å². The van der Waals surface area contributed by atoms with Gasteiger partial charge in [-0.25, -0.2) is 22.9 Å². The van der Waals surface area contributed by atoms with Crippen LogP contribution < -0.4 is 4.74 Å². The molecule has 0 aliphatic rings. The number of ether oxygens (including phenoxy) is 2. The second-order valence-corrected chi connectivity index (χ2v) is 3.81. The Morgan fingerprint density at radius 2 is 1.95 bits per heavy atom. The number of halogens is 3. The Hall–Kier alpha value is -2.31. The molecule has 0 bridgehead atoms. The highest BCUT2D eigenvalue weighted by Crippen LogP contribution is 2.31. The maximum atomic E-state index is 13.8. The van der Waals surface area contributed by atoms with E-state index in [0.717, 1.165) is 13.2 Å². The topological polar surface area (TPSA) is 48.4 Å². The number of pyridine rings is 1. The van der Waals surface area contributed by atoms with Crippen molar-refractivity contribution in [2.75, 3.05) is 13.7 Å². The number of hydrogen-bond acceptors (Lipinski definition) is 4. The van der Waals surface area contributed by atoms with Gasteiger partial charge in [0.2, 0.25) is 0 Å². The van der Waals surface area contributed by atoms with E-state index in [1.165, 1.54) is 0 Å². The van der Waals surface area contributed by atoms with E-state index >= 15 is 0 Å². The first-order valence-electron chi connectivity index (χ1n) is 5.69. The van der Waals surface area contributed by atoms with Crippen LogP contribution in [0.15, 0.2) is 12.1 Å². The molecule has 0 spiro atoms. The van der Waals surface area contributed by atoms with Crippen LogP contribution in [-0.2, 0) is 4.74 Å². The number of esters is 1. The molecule has 106 valence electrons. The lowest BCUT2D eigenvalue weighted by atomic mass is 10.1. The van der Waals surface area contributed by atoms with Gasteiger partial charge < -0.3 is 9.47 Å². The number of hydrogen-bond donors (Lipinski definition) is 0. The third-order valence-electron chi connectivity index (χ3n) is 2.59. The molecule has 20 heavy (non-hydrogen) atoms. The molecule has 0 N–H and O–H groups in total. The summed E-state index contributed by atoms with van der Waals surface area (Å²) in [6.07, 6.45) is 0. The molecule has 7 heteroatoms. The Morgan fingerprint density at radius 1 is 1.25 bits per heavy atom. The van der Waals surface area contributed by atoms with E-state index in [4.69, 9.17) is 4.74 Å². The first kappa shape index (κ1) is 14.1. The fourth-order valence-electron chi connectivity index (χ4n) is 1.74. The quantitative estimate of drug-likeness (QED) is 0.642. The Morgan fingerprint density at radius 3 is 2.55 bits per heavy atom. The Kier molecular flexibility index (Phi) is 3.78. The molecule has 0 fully saturated rings. The lowest BCUT2D eigenvalue weighted by molar-refractivity contribution is 0.0594. The maximum Gasteiger partial charge on any atom is 0.356 e. The molecule has 0 radical (unpaired) electrons. The highest BCUT2D eigenvalue weighted by atomic mass is 19.2. The van der Waals surface area contributed by atoms with Crippen LogP contribution in [0.3, 0.4) is 0 Å². The van der Waals surface area contributed by atoms with Crippen LogP contribution >= 0.6 is 0 Å². The van der Waals surface area contributed by atoms with Crippen molar-refractivity contribution in [2.24, 2.45) is 0 Å². The Bertz CT molecular complexity index is 688. The minimum Gasteiger partial charge on any atom is -0.493 e. The fourth-order valence-corrected chi connectivity index (χ4v) is 1.74. The average Bonchev–Trinajstić information content (AvgIpc) is 2.43. The van der Waals surface area contributed by atoms with E-state index in [0.29, 0.717) is 6.07 Å². The van der Waals surface area contributed by atoms with Gasteiger partial charge in [-0.15, -0.1) is 0 Å². The van der Waals surface area contributed by atoms with Crippen LogP contribution in [0.4, 0.5) is 13.2 Å². The number of carbonyl (C=O) groups is 1. The second kappa shape index (κ2) is 5.36. The normalized spacial score (nSPS) is 10.7. The lowest BCUT2D eigenvalue weighted by Gasteiger charge is -2.10. The predicted octanol–water partition coefficient (Wildman–Crippen LogP) is 2.84. The molecule has 0 aliphatic carbocycles. The van der Waals surface area contributed by atoms with Gasteiger partial charge >= 0.3 is 5.97 Å². The average molecular weight is 285 g/mol. The molecule has 2 aromatic rings. The van der Waals surface area contributed by atoms with Gasteiger partial charge in [0.25, 0.3) is 0 Å². The third kappa shape index (κ3) is 2.26. The van der Waals surface area contributed by atoms with Gasteiger partial charge in [0, 0.05) is 12.1 Å². The number of benzene rings is 1. The van der Waals surface area contributed by atoms with Gasteiger partial charge in [0.05, 0.1) is 24.6 Å². The van der Waals surface area contributed by atoms with Crippen LogP contribution in [-0.4, -0.2) is 24.7 Å². The third-order valence-corrected chi connectivity index (χ3v) is 2.59. The van der Waals surface area contributed by atoms with E-state index < -0.39 is 23.4 Å². The van der Waals surface area contributed by atoms with Gasteiger partial charge in [-0.1, -0.05) is 0 Å². The Labute approximate surface area is 112 Å². The summed E-state index contributed by atoms with van der Waals surface area (Å²) in [5.74, 6) is -5.32. The van der Waals surface area contributed by atoms with Crippen LogP contribution in [0.1, 0.15) is 17.4 Å². The number of rotatable bonds is 3. The molecule has 1 heterocycles. The number of fused-ring (bicyclic) bond motifs is 1. The van der Waals surface area contributed by atoms with Gasteiger partial charge in [-0.2, -0.15) is 0 Å². The van der Waals surface area contributed by atoms with Gasteiger partial charge in [-0.3, -0.25) is 0 Å². The second-order valence-electron chi connectivity index (χ2n) is 3.81. The molecule has 0 saturated carbocycles. The van der Waals surface area contributed by atoms with Crippen LogP contribution in [0.5, 0.6) is 5.75 Å². The molecule has 4 nitrogen and oxygen atoms in total. The first-order chi connectivity index (χ1) is 9.49. The number of nitrogens with zero attached hydrogens (tertiary/aromatic N) is 1. The van der Waals surface area contributed by atoms with Gasteiger partial charge in [-0.05, 0) is 6.92 Å². The number of methoxy groups -OCH3 is 1. The molecule has 0 aliphatic heterocycles. The van der Waals surface area contributed by atoms with Crippen molar-refractivity contribution in [3.8, 4) is 5.75 Å². The van der Waals surface area contributed by atoms with Crippen molar-refractivity contribution in [3.05, 3.63) is 35.3 Å². The van der Waals surface area contributed by atoms with Crippen LogP contribution in [0.2, 0.25) is 0 Å². The van der Waals surface area contributed by atoms with E-state index in [-0.39, 0.29) is 29.0 Å². The number of carbonyl (C=O) groups excluding carboxylic acids is 1. The summed E-state index contributed by atoms with van der Waals surface area (Å²) in [5, 5.41) is -0.321. The summed E-state index contributed by atoms with van der Waals surface area (Å²) in [6, 6.07) is 1.82. The highest BCUT2D eigenvalue weighted by molar-refractivity contribution is 5.94. The number of aromatic nitrogens is 1. The molecule has 0 amide bonds. The molecule has 2 rings (SSSR count). The summed E-state index contributed by atoms with van der Waals surface area (Å²) < 4.78 is 50.0. The van der Waals surface area contributed by atoms with E-state index in [2.05, 4.69) is 9.72 Å². The highest BCUT2D eigenvalue weighted by Gasteiger charge is 2.21. The Balaban J connectivity index is 2.81. The summed E-state index contributed by atoms with van der Waals surface area (Å²) >= 11 is 0. The van der Waals surface area contributed by atoms with Gasteiger partial charge in [0.15, 0.2) is 23.1 Å². The summed E-state index contributed by atoms with van der Waals surface area (Å²) in [6.45, 7) is 1.78. The summed E-state index contributed by atoms with van der Waals surface area (Å²) in [7, 11) is 1.14. The predicted molar refractivity (Wildman–Crippen MR) is 64.1 cm³/mol. The SMILES string of the molecule is CCOc1cc(C(=O)OC)nc2cc(F)c(F)c(F)c12. The van der Waals surface area contributed by atoms with Gasteiger partial charge in [0.1, 0.15) is 5.75 Å². The van der Waals surface area contributed by atoms with Crippen LogP contribution in [0, 0.1) is 17.5 Å². The fraction of sp³-hybridized carbons (Fsp3) is 0.231. The molecule has 0 saturated heterocycles. The van der Waals surface area contributed by atoms with Crippen molar-refractivity contribution in [1.29, 1.82) is 0 Å². The van der Waals surface area contributed by atoms with Crippen molar-refractivity contribution >= 4 is 16.9 Å². The van der Waals surface area contributed by atoms with E-state index in [1.54, 1.807) is 6.92 Å². The minimum absolute atomic E-state index is 0.103. The monoisotopic (exact) mass is 285 g/mol. The molecular formula is C13H10F3NO3. The van der Waals surface area contributed by atoms with Crippen molar-refractivity contribution in [2.45, 2.75) is 6.92 Å². The zero-order valence-corrected chi connectivity index (χ0v) is 10.7. The molecule has 1 aromatic carbocycles. The molecule has 0 atom stereocenters.